The Morgan fingerprint density at radius 2 is 1.75 bits per heavy atom. The summed E-state index contributed by atoms with van der Waals surface area (Å²) in [6.45, 7) is 4.05. The second-order valence-corrected chi connectivity index (χ2v) is 11.6. The lowest BCUT2D eigenvalue weighted by molar-refractivity contribution is -0.139. The molecule has 0 saturated heterocycles. The normalized spacial score (nSPS) is 14.7. The minimum atomic E-state index is -0.815. The van der Waals surface area contributed by atoms with Gasteiger partial charge in [0.05, 0.1) is 29.5 Å². The van der Waals surface area contributed by atoms with E-state index >= 15 is 0 Å². The Morgan fingerprint density at radius 3 is 2.52 bits per heavy atom. The molecule has 4 aromatic carbocycles. The molecule has 0 unspecified atom stereocenters. The number of esters is 1. The second-order valence-electron chi connectivity index (χ2n) is 10.2. The number of allylic oxidation sites excluding steroid dienone is 1. The Bertz CT molecular complexity index is 2100. The highest BCUT2D eigenvalue weighted by atomic mass is 35.5. The van der Waals surface area contributed by atoms with E-state index < -0.39 is 12.0 Å². The number of fused-ring (bicyclic) bond motifs is 2. The van der Waals surface area contributed by atoms with Gasteiger partial charge in [-0.15, -0.1) is 0 Å². The predicted octanol–water partition coefficient (Wildman–Crippen LogP) is 6.19. The molecule has 0 radical (unpaired) electrons. The van der Waals surface area contributed by atoms with Crippen LogP contribution in [-0.2, 0) is 16.1 Å². The maximum Gasteiger partial charge on any atom is 0.338 e. The van der Waals surface area contributed by atoms with Gasteiger partial charge in [0, 0.05) is 16.1 Å². The van der Waals surface area contributed by atoms with Gasteiger partial charge in [-0.2, -0.15) is 0 Å². The van der Waals surface area contributed by atoms with Crippen molar-refractivity contribution in [2.45, 2.75) is 26.5 Å². The van der Waals surface area contributed by atoms with Crippen LogP contribution in [0.5, 0.6) is 11.5 Å². The molecule has 0 bridgehead atoms. The Morgan fingerprint density at radius 1 is 1.00 bits per heavy atom. The lowest BCUT2D eigenvalue weighted by atomic mass is 9.90. The largest absolute Gasteiger partial charge is 0.496 e. The molecule has 0 aliphatic carbocycles. The molecule has 2 heterocycles. The predicted molar refractivity (Wildman–Crippen MR) is 173 cm³/mol. The molecular formula is C35H29ClN2O5S. The monoisotopic (exact) mass is 624 g/mol. The van der Waals surface area contributed by atoms with E-state index in [1.807, 2.05) is 91.0 Å². The Labute approximate surface area is 262 Å². The molecule has 1 aromatic heterocycles. The molecule has 0 amide bonds. The quantitative estimate of drug-likeness (QED) is 0.192. The smallest absolute Gasteiger partial charge is 0.338 e. The summed E-state index contributed by atoms with van der Waals surface area (Å²) >= 11 is 7.29. The third kappa shape index (κ3) is 5.54. The molecule has 5 aromatic rings. The number of carbonyl (C=O) groups is 1. The first-order valence-electron chi connectivity index (χ1n) is 14.1. The highest BCUT2D eigenvalue weighted by Crippen LogP contribution is 2.40. The summed E-state index contributed by atoms with van der Waals surface area (Å²) in [5.74, 6) is 0.661. The standard InChI is InChI=1S/C35H29ClN2O5S/c1-4-42-34(40)30-21(2)37-35-38(32(30)31-26-11-7-5-9-23(26)15-18-28(31)41-3)33(39)29(44-35)19-24-10-6-8-12-27(24)43-20-22-13-16-25(36)17-14-22/h5-19,32H,4,20H2,1-3H3/b29-19-/t32-/m0/s1. The van der Waals surface area contributed by atoms with Crippen LogP contribution in [0.3, 0.4) is 0 Å². The number of thiazole rings is 1. The van der Waals surface area contributed by atoms with Crippen molar-refractivity contribution in [3.8, 4) is 11.5 Å². The van der Waals surface area contributed by atoms with Crippen LogP contribution in [0.15, 0.2) is 106 Å². The molecule has 0 spiro atoms. The number of benzene rings is 4. The van der Waals surface area contributed by atoms with Gasteiger partial charge in [-0.05, 0) is 60.5 Å². The van der Waals surface area contributed by atoms with Crippen LogP contribution in [0.1, 0.15) is 36.6 Å². The summed E-state index contributed by atoms with van der Waals surface area (Å²) in [6.07, 6.45) is 1.81. The summed E-state index contributed by atoms with van der Waals surface area (Å²) < 4.78 is 19.5. The van der Waals surface area contributed by atoms with Gasteiger partial charge >= 0.3 is 5.97 Å². The van der Waals surface area contributed by atoms with Crippen LogP contribution in [0, 0.1) is 0 Å². The number of nitrogens with zero attached hydrogens (tertiary/aromatic N) is 2. The lowest BCUT2D eigenvalue weighted by Gasteiger charge is -2.27. The van der Waals surface area contributed by atoms with Crippen molar-refractivity contribution in [2.24, 2.45) is 4.99 Å². The van der Waals surface area contributed by atoms with Gasteiger partial charge < -0.3 is 14.2 Å². The fourth-order valence-electron chi connectivity index (χ4n) is 5.41. The SMILES string of the molecule is CCOC(=O)C1=C(C)N=c2s/c(=C\c3ccccc3OCc3ccc(Cl)cc3)c(=O)n2[C@@H]1c1c(OC)ccc2ccccc12. The number of aromatic nitrogens is 1. The molecule has 1 atom stereocenters. The van der Waals surface area contributed by atoms with Crippen LogP contribution in [0.4, 0.5) is 0 Å². The summed E-state index contributed by atoms with van der Waals surface area (Å²) in [5, 5.41) is 2.48. The van der Waals surface area contributed by atoms with E-state index in [9.17, 15) is 9.59 Å². The maximum atomic E-state index is 14.3. The summed E-state index contributed by atoms with van der Waals surface area (Å²) in [5.41, 5.74) is 2.91. The van der Waals surface area contributed by atoms with E-state index in [4.69, 9.17) is 30.8 Å². The zero-order chi connectivity index (χ0) is 30.8. The number of para-hydroxylation sites is 1. The van der Waals surface area contributed by atoms with Crippen LogP contribution < -0.4 is 24.4 Å². The lowest BCUT2D eigenvalue weighted by Crippen LogP contribution is -2.40. The summed E-state index contributed by atoms with van der Waals surface area (Å²) in [4.78, 5) is 33.0. The number of hydrogen-bond donors (Lipinski definition) is 0. The molecular weight excluding hydrogens is 596 g/mol. The van der Waals surface area contributed by atoms with Crippen molar-refractivity contribution in [3.63, 3.8) is 0 Å². The van der Waals surface area contributed by atoms with Gasteiger partial charge in [-0.3, -0.25) is 9.36 Å². The van der Waals surface area contributed by atoms with E-state index in [1.54, 1.807) is 25.5 Å². The molecule has 0 N–H and O–H groups in total. The second kappa shape index (κ2) is 12.5. The van der Waals surface area contributed by atoms with Crippen LogP contribution in [0.25, 0.3) is 16.8 Å². The zero-order valence-corrected chi connectivity index (χ0v) is 25.9. The van der Waals surface area contributed by atoms with E-state index in [0.717, 1.165) is 21.9 Å². The van der Waals surface area contributed by atoms with Crippen LogP contribution in [0.2, 0.25) is 5.02 Å². The van der Waals surface area contributed by atoms with E-state index in [-0.39, 0.29) is 12.2 Å². The van der Waals surface area contributed by atoms with E-state index in [1.165, 1.54) is 11.3 Å². The van der Waals surface area contributed by atoms with E-state index in [2.05, 4.69) is 0 Å². The van der Waals surface area contributed by atoms with Crippen molar-refractivity contribution in [1.82, 2.24) is 4.57 Å². The number of halogens is 1. The van der Waals surface area contributed by atoms with Gasteiger partial charge in [-0.25, -0.2) is 9.79 Å². The van der Waals surface area contributed by atoms with E-state index in [0.29, 0.717) is 49.3 Å². The fraction of sp³-hybridized carbons (Fsp3) is 0.171. The Kier molecular flexibility index (Phi) is 8.37. The van der Waals surface area contributed by atoms with Gasteiger partial charge in [0.1, 0.15) is 24.1 Å². The number of ether oxygens (including phenoxy) is 3. The van der Waals surface area contributed by atoms with Gasteiger partial charge in [-0.1, -0.05) is 83.6 Å². The van der Waals surface area contributed by atoms with Crippen molar-refractivity contribution in [2.75, 3.05) is 13.7 Å². The molecule has 0 saturated carbocycles. The Balaban J connectivity index is 1.52. The molecule has 222 valence electrons. The topological polar surface area (TPSA) is 79.1 Å². The number of rotatable bonds is 8. The van der Waals surface area contributed by atoms with Crippen LogP contribution >= 0.6 is 22.9 Å². The third-order valence-corrected chi connectivity index (χ3v) is 8.69. The van der Waals surface area contributed by atoms with Crippen molar-refractivity contribution in [3.05, 3.63) is 138 Å². The minimum absolute atomic E-state index is 0.187. The molecule has 44 heavy (non-hydrogen) atoms. The van der Waals surface area contributed by atoms with Crippen molar-refractivity contribution in [1.29, 1.82) is 0 Å². The fourth-order valence-corrected chi connectivity index (χ4v) is 6.58. The average Bonchev–Trinajstić information content (AvgIpc) is 3.34. The first-order valence-corrected chi connectivity index (χ1v) is 15.3. The maximum absolute atomic E-state index is 14.3. The Hall–Kier alpha value is -4.66. The molecule has 1 aliphatic heterocycles. The van der Waals surface area contributed by atoms with Gasteiger partial charge in [0.15, 0.2) is 4.80 Å². The highest BCUT2D eigenvalue weighted by molar-refractivity contribution is 7.07. The molecule has 6 rings (SSSR count). The van der Waals surface area contributed by atoms with Crippen LogP contribution in [-0.4, -0.2) is 24.3 Å². The van der Waals surface area contributed by atoms with Crippen molar-refractivity contribution >= 4 is 45.8 Å². The average molecular weight is 625 g/mol. The molecule has 7 nitrogen and oxygen atoms in total. The number of hydrogen-bond acceptors (Lipinski definition) is 7. The molecule has 0 fully saturated rings. The first-order chi connectivity index (χ1) is 21.4. The third-order valence-electron chi connectivity index (χ3n) is 7.45. The van der Waals surface area contributed by atoms with Gasteiger partial charge in [0.25, 0.3) is 5.56 Å². The summed E-state index contributed by atoms with van der Waals surface area (Å²) in [6, 6.07) is 25.8. The summed E-state index contributed by atoms with van der Waals surface area (Å²) in [7, 11) is 1.58. The molecule has 9 heteroatoms. The van der Waals surface area contributed by atoms with Gasteiger partial charge in [0.2, 0.25) is 0 Å². The minimum Gasteiger partial charge on any atom is -0.496 e. The van der Waals surface area contributed by atoms with Crippen molar-refractivity contribution < 1.29 is 19.0 Å². The first kappa shape index (κ1) is 29.4. The molecule has 1 aliphatic rings. The number of carbonyl (C=O) groups excluding carboxylic acids is 1. The highest BCUT2D eigenvalue weighted by Gasteiger charge is 2.36. The number of methoxy groups -OCH3 is 1. The zero-order valence-electron chi connectivity index (χ0n) is 24.4.